The van der Waals surface area contributed by atoms with Gasteiger partial charge >= 0.3 is 13.2 Å². The molecule has 1 aliphatic rings. The van der Waals surface area contributed by atoms with Gasteiger partial charge in [-0.1, -0.05) is 0 Å². The second-order valence-electron chi connectivity index (χ2n) is 6.40. The first-order valence-electron chi connectivity index (χ1n) is 6.50. The number of hydrogen-bond acceptors (Lipinski definition) is 5. The predicted molar refractivity (Wildman–Crippen MR) is 71.5 cm³/mol. The molecule has 110 valence electrons. The van der Waals surface area contributed by atoms with Gasteiger partial charge < -0.3 is 19.5 Å². The lowest BCUT2D eigenvalue weighted by atomic mass is 9.80. The van der Waals surface area contributed by atoms with E-state index in [9.17, 15) is 4.79 Å². The number of carbonyl (C=O) groups is 1. The van der Waals surface area contributed by atoms with Crippen LogP contribution in [0.1, 0.15) is 41.5 Å². The van der Waals surface area contributed by atoms with Gasteiger partial charge in [-0.2, -0.15) is 0 Å². The summed E-state index contributed by atoms with van der Waals surface area (Å²) in [4.78, 5) is 13.7. The maximum absolute atomic E-state index is 12.3. The molecule has 0 radical (unpaired) electrons. The molecule has 19 heavy (non-hydrogen) atoms. The molecular weight excluding hydrogens is 249 g/mol. The number of amides is 1. The van der Waals surface area contributed by atoms with Gasteiger partial charge in [0.25, 0.3) is 0 Å². The molecule has 1 amide bonds. The zero-order valence-electron chi connectivity index (χ0n) is 12.5. The van der Waals surface area contributed by atoms with E-state index in [4.69, 9.17) is 19.5 Å². The Balaban J connectivity index is 2.93. The molecule has 1 heterocycles. The van der Waals surface area contributed by atoms with Crippen LogP contribution < -0.4 is 0 Å². The molecule has 2 N–H and O–H groups in total. The van der Waals surface area contributed by atoms with Crippen molar-refractivity contribution in [2.24, 2.45) is 0 Å². The van der Waals surface area contributed by atoms with Gasteiger partial charge in [0, 0.05) is 6.32 Å². The van der Waals surface area contributed by atoms with E-state index in [0.717, 1.165) is 0 Å². The fourth-order valence-corrected chi connectivity index (χ4v) is 2.38. The normalized spacial score (nSPS) is 26.4. The van der Waals surface area contributed by atoms with E-state index in [1.54, 1.807) is 41.5 Å². The number of hydrogen-bond donors (Lipinski definition) is 2. The largest absolute Gasteiger partial charge is 0.453 e. The Morgan fingerprint density at radius 3 is 2.37 bits per heavy atom. The molecule has 1 saturated heterocycles. The lowest BCUT2D eigenvalue weighted by Gasteiger charge is -2.35. The first-order valence-corrected chi connectivity index (χ1v) is 6.50. The van der Waals surface area contributed by atoms with Gasteiger partial charge in [0.15, 0.2) is 0 Å². The molecule has 7 heteroatoms. The third kappa shape index (κ3) is 4.09. The number of rotatable bonds is 2. The van der Waals surface area contributed by atoms with Crippen molar-refractivity contribution in [2.45, 2.75) is 71.3 Å². The smallest absolute Gasteiger partial charge is 0.444 e. The summed E-state index contributed by atoms with van der Waals surface area (Å²) in [6, 6.07) is -0.426. The van der Waals surface area contributed by atoms with Crippen LogP contribution in [-0.2, 0) is 9.47 Å². The Bertz CT molecular complexity index is 340. The Labute approximate surface area is 114 Å². The molecule has 0 aliphatic carbocycles. The summed E-state index contributed by atoms with van der Waals surface area (Å²) in [6.45, 7) is 10.7. The molecule has 0 saturated carbocycles. The minimum atomic E-state index is -1.49. The molecule has 0 unspecified atom stereocenters. The summed E-state index contributed by atoms with van der Waals surface area (Å²) in [5.74, 6) is 0. The SMILES string of the molecule is C[C@H]1OC(C)(C)N(C(=O)OC(C)(C)C)[C@@H]1CB(O)O. The van der Waals surface area contributed by atoms with Crippen LogP contribution >= 0.6 is 0 Å². The van der Waals surface area contributed by atoms with Gasteiger partial charge in [0.1, 0.15) is 11.3 Å². The van der Waals surface area contributed by atoms with E-state index in [1.807, 2.05) is 0 Å². The van der Waals surface area contributed by atoms with Crippen molar-refractivity contribution in [2.75, 3.05) is 0 Å². The first-order chi connectivity index (χ1) is 8.44. The molecule has 1 fully saturated rings. The average Bonchev–Trinajstić information content (AvgIpc) is 2.31. The topological polar surface area (TPSA) is 79.2 Å². The van der Waals surface area contributed by atoms with Gasteiger partial charge in [-0.3, -0.25) is 4.90 Å². The molecule has 0 aromatic heterocycles. The highest BCUT2D eigenvalue weighted by Gasteiger charge is 2.50. The van der Waals surface area contributed by atoms with Crippen LogP contribution in [0.2, 0.25) is 6.32 Å². The second kappa shape index (κ2) is 5.30. The van der Waals surface area contributed by atoms with Crippen LogP contribution in [0.25, 0.3) is 0 Å². The first kappa shape index (κ1) is 16.3. The number of nitrogens with zero attached hydrogens (tertiary/aromatic N) is 1. The number of carbonyl (C=O) groups excluding carboxylic acids is 1. The third-order valence-corrected chi connectivity index (χ3v) is 2.97. The Hall–Kier alpha value is -0.785. The maximum Gasteiger partial charge on any atom is 0.453 e. The summed E-state index contributed by atoms with van der Waals surface area (Å²) < 4.78 is 11.1. The quantitative estimate of drug-likeness (QED) is 0.739. The molecular formula is C12H24BNO5. The van der Waals surface area contributed by atoms with E-state index in [1.165, 1.54) is 4.90 Å². The molecule has 1 rings (SSSR count). The molecule has 2 atom stereocenters. The van der Waals surface area contributed by atoms with Crippen molar-refractivity contribution < 1.29 is 24.3 Å². The van der Waals surface area contributed by atoms with Crippen molar-refractivity contribution in [3.63, 3.8) is 0 Å². The van der Waals surface area contributed by atoms with Crippen molar-refractivity contribution in [3.8, 4) is 0 Å². The fourth-order valence-electron chi connectivity index (χ4n) is 2.38. The van der Waals surface area contributed by atoms with Crippen molar-refractivity contribution in [3.05, 3.63) is 0 Å². The summed E-state index contributed by atoms with van der Waals surface area (Å²) >= 11 is 0. The highest BCUT2D eigenvalue weighted by Crippen LogP contribution is 2.35. The van der Waals surface area contributed by atoms with Crippen LogP contribution in [0.3, 0.4) is 0 Å². The van der Waals surface area contributed by atoms with Crippen LogP contribution in [0.15, 0.2) is 0 Å². The fraction of sp³-hybridized carbons (Fsp3) is 0.917. The van der Waals surface area contributed by atoms with Crippen molar-refractivity contribution in [1.82, 2.24) is 4.90 Å². The molecule has 0 spiro atoms. The standard InChI is InChI=1S/C12H24BNO5/c1-8-9(7-13(16)17)14(12(5,6)18-8)10(15)19-11(2,3)4/h8-9,16-17H,7H2,1-6H3/t8-,9-/m1/s1. The molecule has 0 bridgehead atoms. The minimum absolute atomic E-state index is 0.0316. The summed E-state index contributed by atoms with van der Waals surface area (Å²) in [7, 11) is -1.49. The highest BCUT2D eigenvalue weighted by molar-refractivity contribution is 6.41. The lowest BCUT2D eigenvalue weighted by molar-refractivity contribution is -0.0754. The zero-order valence-corrected chi connectivity index (χ0v) is 12.5. The van der Waals surface area contributed by atoms with E-state index < -0.39 is 30.6 Å². The van der Waals surface area contributed by atoms with Crippen LogP contribution in [0.5, 0.6) is 0 Å². The molecule has 0 aromatic carbocycles. The van der Waals surface area contributed by atoms with E-state index in [-0.39, 0.29) is 12.4 Å². The zero-order chi connectivity index (χ0) is 15.0. The maximum atomic E-state index is 12.3. The Kier molecular flexibility index (Phi) is 4.54. The van der Waals surface area contributed by atoms with E-state index >= 15 is 0 Å². The monoisotopic (exact) mass is 273 g/mol. The molecule has 1 aliphatic heterocycles. The van der Waals surface area contributed by atoms with Gasteiger partial charge in [0.05, 0.1) is 12.1 Å². The van der Waals surface area contributed by atoms with Gasteiger partial charge in [0.2, 0.25) is 0 Å². The van der Waals surface area contributed by atoms with Gasteiger partial charge in [-0.05, 0) is 41.5 Å². The van der Waals surface area contributed by atoms with Crippen molar-refractivity contribution >= 4 is 13.2 Å². The Morgan fingerprint density at radius 1 is 1.42 bits per heavy atom. The van der Waals surface area contributed by atoms with E-state index in [2.05, 4.69) is 0 Å². The summed E-state index contributed by atoms with van der Waals surface area (Å²) in [5, 5.41) is 18.3. The van der Waals surface area contributed by atoms with Gasteiger partial charge in [-0.25, -0.2) is 4.79 Å². The predicted octanol–water partition coefficient (Wildman–Crippen LogP) is 1.22. The molecule has 0 aromatic rings. The van der Waals surface area contributed by atoms with Crippen molar-refractivity contribution in [1.29, 1.82) is 0 Å². The minimum Gasteiger partial charge on any atom is -0.444 e. The highest BCUT2D eigenvalue weighted by atomic mass is 16.6. The molecule has 6 nitrogen and oxygen atoms in total. The number of ether oxygens (including phenoxy) is 2. The second-order valence-corrected chi connectivity index (χ2v) is 6.40. The van der Waals surface area contributed by atoms with Crippen LogP contribution in [-0.4, -0.2) is 51.6 Å². The van der Waals surface area contributed by atoms with Gasteiger partial charge in [-0.15, -0.1) is 0 Å². The lowest BCUT2D eigenvalue weighted by Crippen LogP contribution is -2.51. The third-order valence-electron chi connectivity index (χ3n) is 2.97. The van der Waals surface area contributed by atoms with Crippen LogP contribution in [0, 0.1) is 0 Å². The Morgan fingerprint density at radius 2 is 1.95 bits per heavy atom. The average molecular weight is 273 g/mol. The summed E-state index contributed by atoms with van der Waals surface area (Å²) in [6.07, 6.45) is -0.763. The van der Waals surface area contributed by atoms with Crippen LogP contribution in [0.4, 0.5) is 4.79 Å². The summed E-state index contributed by atoms with van der Waals surface area (Å²) in [5.41, 5.74) is -1.44. The van der Waals surface area contributed by atoms with E-state index in [0.29, 0.717) is 0 Å².